The maximum atomic E-state index is 11.8. The number of aryl methyl sites for hydroxylation is 1. The second-order valence-electron chi connectivity index (χ2n) is 6.48. The van der Waals surface area contributed by atoms with Gasteiger partial charge in [0, 0.05) is 27.6 Å². The summed E-state index contributed by atoms with van der Waals surface area (Å²) in [4.78, 5) is 36.8. The van der Waals surface area contributed by atoms with Gasteiger partial charge in [0.25, 0.3) is 0 Å². The number of aliphatic hydroxyl groups excluding tert-OH is 1. The summed E-state index contributed by atoms with van der Waals surface area (Å²) >= 11 is 7.06. The molecular formula is C13H18NO12P3S2. The maximum Gasteiger partial charge on any atom is 0.490 e. The lowest BCUT2D eigenvalue weighted by atomic mass is 10.2. The molecule has 13 nitrogen and oxygen atoms in total. The molecule has 0 amide bonds. The highest BCUT2D eigenvalue weighted by atomic mass is 32.1. The first-order valence-corrected chi connectivity index (χ1v) is 14.1. The number of phosphoric acid groups is 3. The van der Waals surface area contributed by atoms with Gasteiger partial charge in [0.15, 0.2) is 0 Å². The molecule has 0 radical (unpaired) electrons. The van der Waals surface area contributed by atoms with Crippen molar-refractivity contribution in [2.75, 3.05) is 6.61 Å². The number of aromatic nitrogens is 1. The van der Waals surface area contributed by atoms with E-state index in [4.69, 9.17) is 31.6 Å². The highest BCUT2D eigenvalue weighted by Gasteiger charge is 2.42. The number of aliphatic hydroxyl groups is 1. The monoisotopic (exact) mass is 537 g/mol. The molecule has 5 N–H and O–H groups in total. The van der Waals surface area contributed by atoms with Gasteiger partial charge < -0.3 is 34.0 Å². The molecule has 1 aliphatic heterocycles. The molecule has 0 spiro atoms. The van der Waals surface area contributed by atoms with Crippen molar-refractivity contribution >= 4 is 57.1 Å². The van der Waals surface area contributed by atoms with Crippen LogP contribution in [0.2, 0.25) is 0 Å². The van der Waals surface area contributed by atoms with Crippen LogP contribution in [0.4, 0.5) is 0 Å². The molecule has 0 saturated carbocycles. The molecule has 3 rings (SSSR count). The van der Waals surface area contributed by atoms with Gasteiger partial charge in [0.05, 0.1) is 12.7 Å². The van der Waals surface area contributed by atoms with Crippen LogP contribution in [-0.4, -0.2) is 48.1 Å². The first kappa shape index (κ1) is 25.3. The zero-order valence-corrected chi connectivity index (χ0v) is 19.9. The van der Waals surface area contributed by atoms with Crippen molar-refractivity contribution < 1.29 is 56.3 Å². The van der Waals surface area contributed by atoms with Crippen LogP contribution in [0.1, 0.15) is 17.5 Å². The number of rotatable bonds is 8. The van der Waals surface area contributed by atoms with Crippen molar-refractivity contribution in [3.05, 3.63) is 27.8 Å². The van der Waals surface area contributed by atoms with E-state index in [0.717, 1.165) is 15.0 Å². The van der Waals surface area contributed by atoms with Crippen LogP contribution in [0.15, 0.2) is 18.3 Å². The Hall–Kier alpha value is -0.340. The number of ether oxygens (including phenoxy) is 1. The predicted octanol–water partition coefficient (Wildman–Crippen LogP) is 2.73. The summed E-state index contributed by atoms with van der Waals surface area (Å²) in [6, 6.07) is 3.77. The summed E-state index contributed by atoms with van der Waals surface area (Å²) in [5.74, 6) is 0. The van der Waals surface area contributed by atoms with E-state index in [1.807, 2.05) is 19.1 Å². The Balaban J connectivity index is 1.66. The van der Waals surface area contributed by atoms with Gasteiger partial charge in [0.1, 0.15) is 17.0 Å². The highest BCUT2D eigenvalue weighted by molar-refractivity contribution is 7.71. The summed E-state index contributed by atoms with van der Waals surface area (Å²) in [7, 11) is -16.4. The van der Waals surface area contributed by atoms with Crippen LogP contribution < -0.4 is 0 Å². The van der Waals surface area contributed by atoms with Gasteiger partial charge in [-0.3, -0.25) is 4.52 Å². The van der Waals surface area contributed by atoms with Crippen molar-refractivity contribution in [2.24, 2.45) is 0 Å². The molecule has 2 aromatic heterocycles. The number of thiophene rings is 1. The fourth-order valence-corrected chi connectivity index (χ4v) is 7.27. The van der Waals surface area contributed by atoms with E-state index in [0.29, 0.717) is 4.64 Å². The number of pyridine rings is 1. The van der Waals surface area contributed by atoms with Gasteiger partial charge in [-0.2, -0.15) is 8.62 Å². The molecule has 0 bridgehead atoms. The second kappa shape index (κ2) is 9.13. The SMILES string of the molecule is Cc1cc2c(=S)n([C@H]3CC(O)[C@@H](COP(=O)(O)OP(=O)(O)OP(=O)(O)O)O3)ccc2s1. The zero-order chi connectivity index (χ0) is 23.2. The third kappa shape index (κ3) is 6.59. The topological polar surface area (TPSA) is 194 Å². The van der Waals surface area contributed by atoms with Crippen LogP contribution in [-0.2, 0) is 31.6 Å². The van der Waals surface area contributed by atoms with Gasteiger partial charge in [-0.15, -0.1) is 11.3 Å². The molecule has 0 aromatic carbocycles. The molecule has 2 aromatic rings. The Bertz CT molecular complexity index is 1170. The quantitative estimate of drug-likeness (QED) is 0.244. The van der Waals surface area contributed by atoms with Gasteiger partial charge in [-0.05, 0) is 19.1 Å². The van der Waals surface area contributed by atoms with E-state index in [2.05, 4.69) is 13.1 Å². The third-order valence-corrected chi connectivity index (χ3v) is 9.32. The second-order valence-corrected chi connectivity index (χ2v) is 12.6. The van der Waals surface area contributed by atoms with Crippen molar-refractivity contribution in [2.45, 2.75) is 31.8 Å². The fourth-order valence-electron chi connectivity index (χ4n) is 2.91. The minimum atomic E-state index is -5.62. The van der Waals surface area contributed by atoms with Crippen molar-refractivity contribution in [3.8, 4) is 0 Å². The molecule has 5 atom stereocenters. The fraction of sp³-hybridized carbons (Fsp3) is 0.462. The molecule has 3 unspecified atom stereocenters. The number of phosphoric ester groups is 1. The minimum absolute atomic E-state index is 0.0767. The van der Waals surface area contributed by atoms with Crippen LogP contribution in [0.25, 0.3) is 10.1 Å². The zero-order valence-electron chi connectivity index (χ0n) is 15.6. The largest absolute Gasteiger partial charge is 0.490 e. The summed E-state index contributed by atoms with van der Waals surface area (Å²) < 4.78 is 54.3. The number of hydrogen-bond acceptors (Lipinski definition) is 10. The average Bonchev–Trinajstić information content (AvgIpc) is 3.12. The van der Waals surface area contributed by atoms with Gasteiger partial charge in [0.2, 0.25) is 0 Å². The lowest BCUT2D eigenvalue weighted by Gasteiger charge is -2.19. The van der Waals surface area contributed by atoms with Crippen molar-refractivity contribution in [3.63, 3.8) is 0 Å². The lowest BCUT2D eigenvalue weighted by molar-refractivity contribution is -0.0438. The van der Waals surface area contributed by atoms with Gasteiger partial charge in [-0.25, -0.2) is 13.7 Å². The average molecular weight is 537 g/mol. The smallest absolute Gasteiger partial charge is 0.390 e. The first-order chi connectivity index (χ1) is 14.2. The summed E-state index contributed by atoms with van der Waals surface area (Å²) in [5, 5.41) is 11.1. The van der Waals surface area contributed by atoms with E-state index in [-0.39, 0.29) is 6.42 Å². The predicted molar refractivity (Wildman–Crippen MR) is 110 cm³/mol. The number of hydrogen-bond donors (Lipinski definition) is 5. The Morgan fingerprint density at radius 3 is 2.55 bits per heavy atom. The normalized spacial score (nSPS) is 26.1. The molecule has 3 heterocycles. The van der Waals surface area contributed by atoms with Crippen LogP contribution >= 0.6 is 47.0 Å². The Labute approximate surface area is 184 Å². The third-order valence-electron chi connectivity index (χ3n) is 4.07. The van der Waals surface area contributed by atoms with E-state index in [1.54, 1.807) is 22.1 Å². The summed E-state index contributed by atoms with van der Waals surface area (Å²) in [6.07, 6.45) is -1.20. The molecule has 174 valence electrons. The van der Waals surface area contributed by atoms with E-state index in [1.165, 1.54) is 0 Å². The first-order valence-electron chi connectivity index (χ1n) is 8.39. The Kier molecular flexibility index (Phi) is 7.45. The van der Waals surface area contributed by atoms with E-state index in [9.17, 15) is 23.7 Å². The standard InChI is InChI=1S/C13H18NO12P3S2/c1-7-4-8-11(31-7)2-3-14(13(8)30)12-5-9(15)10(24-12)6-23-28(19,20)26-29(21,22)25-27(16,17)18/h2-4,9-10,12,15H,5-6H2,1H3,(H,19,20)(H,21,22)(H2,16,17,18)/t9?,10-,12-/m1/s1. The minimum Gasteiger partial charge on any atom is -0.390 e. The lowest BCUT2D eigenvalue weighted by Crippen LogP contribution is -2.26. The Morgan fingerprint density at radius 2 is 1.90 bits per heavy atom. The summed E-state index contributed by atoms with van der Waals surface area (Å²) in [6.45, 7) is 1.20. The molecule has 1 fully saturated rings. The number of fused-ring (bicyclic) bond motifs is 1. The molecule has 0 aliphatic carbocycles. The van der Waals surface area contributed by atoms with Crippen molar-refractivity contribution in [1.29, 1.82) is 0 Å². The molecule has 1 aliphatic rings. The molecular weight excluding hydrogens is 519 g/mol. The van der Waals surface area contributed by atoms with Crippen molar-refractivity contribution in [1.82, 2.24) is 4.57 Å². The molecule has 18 heteroatoms. The number of nitrogens with zero attached hydrogens (tertiary/aromatic N) is 1. The highest BCUT2D eigenvalue weighted by Crippen LogP contribution is 2.66. The van der Waals surface area contributed by atoms with Gasteiger partial charge >= 0.3 is 23.5 Å². The maximum absolute atomic E-state index is 11.8. The van der Waals surface area contributed by atoms with E-state index < -0.39 is 48.5 Å². The van der Waals surface area contributed by atoms with Crippen LogP contribution in [0.3, 0.4) is 0 Å². The van der Waals surface area contributed by atoms with Gasteiger partial charge in [-0.1, -0.05) is 12.2 Å². The Morgan fingerprint density at radius 1 is 1.23 bits per heavy atom. The molecule has 31 heavy (non-hydrogen) atoms. The summed E-state index contributed by atoms with van der Waals surface area (Å²) in [5.41, 5.74) is 0. The van der Waals surface area contributed by atoms with E-state index >= 15 is 0 Å². The molecule has 1 saturated heterocycles. The van der Waals surface area contributed by atoms with Crippen LogP contribution in [0.5, 0.6) is 0 Å². The van der Waals surface area contributed by atoms with Crippen LogP contribution in [0, 0.1) is 11.6 Å².